The minimum atomic E-state index is 0.00370. The van der Waals surface area contributed by atoms with E-state index in [1.807, 2.05) is 42.5 Å². The van der Waals surface area contributed by atoms with Crippen LogP contribution in [-0.2, 0) is 11.2 Å². The van der Waals surface area contributed by atoms with Crippen molar-refractivity contribution in [2.75, 3.05) is 5.32 Å². The second kappa shape index (κ2) is 4.22. The van der Waals surface area contributed by atoms with Gasteiger partial charge >= 0.3 is 0 Å². The van der Waals surface area contributed by atoms with E-state index in [1.165, 1.54) is 5.56 Å². The lowest BCUT2D eigenvalue weighted by atomic mass is 9.97. The second-order valence-corrected chi connectivity index (χ2v) is 5.59. The van der Waals surface area contributed by atoms with Gasteiger partial charge in [0.2, 0.25) is 0 Å². The third kappa shape index (κ3) is 1.61. The van der Waals surface area contributed by atoms with Crippen molar-refractivity contribution in [3.05, 3.63) is 64.2 Å². The van der Waals surface area contributed by atoms with E-state index in [0.29, 0.717) is 0 Å². The summed E-state index contributed by atoms with van der Waals surface area (Å²) in [6, 6.07) is 13.8. The summed E-state index contributed by atoms with van der Waals surface area (Å²) in [6.07, 6.45) is 1.84. The molecule has 0 atom stereocenters. The van der Waals surface area contributed by atoms with E-state index >= 15 is 0 Å². The van der Waals surface area contributed by atoms with Crippen LogP contribution in [0.4, 0.5) is 5.69 Å². The zero-order valence-corrected chi connectivity index (χ0v) is 11.5. The molecular weight excluding hydrogens is 270 g/mol. The number of fused-ring (bicyclic) bond motifs is 2. The molecule has 0 saturated carbocycles. The third-order valence-electron chi connectivity index (χ3n) is 4.01. The molecule has 2 aromatic carbocycles. The number of anilines is 1. The van der Waals surface area contributed by atoms with Gasteiger partial charge in [-0.1, -0.05) is 35.9 Å². The zero-order valence-electron chi connectivity index (χ0n) is 10.7. The van der Waals surface area contributed by atoms with Crippen molar-refractivity contribution < 1.29 is 4.79 Å². The number of allylic oxidation sites excluding steroid dienone is 1. The number of hydrogen-bond donors (Lipinski definition) is 1. The summed E-state index contributed by atoms with van der Waals surface area (Å²) in [5, 5.41) is 3.70. The second-order valence-electron chi connectivity index (χ2n) is 5.15. The van der Waals surface area contributed by atoms with Crippen LogP contribution in [0, 0.1) is 0 Å². The lowest BCUT2D eigenvalue weighted by Gasteiger charge is -2.06. The Labute approximate surface area is 122 Å². The number of amides is 1. The summed E-state index contributed by atoms with van der Waals surface area (Å²) >= 11 is 6.05. The summed E-state index contributed by atoms with van der Waals surface area (Å²) in [5.74, 6) is 0.00370. The molecule has 1 amide bonds. The number of nitrogens with one attached hydrogen (secondary N) is 1. The van der Waals surface area contributed by atoms with E-state index in [1.54, 1.807) is 0 Å². The van der Waals surface area contributed by atoms with E-state index in [9.17, 15) is 4.79 Å². The summed E-state index contributed by atoms with van der Waals surface area (Å²) in [6.45, 7) is 0. The summed E-state index contributed by atoms with van der Waals surface area (Å²) in [5.41, 5.74) is 6.27. The third-order valence-corrected chi connectivity index (χ3v) is 4.25. The Morgan fingerprint density at radius 3 is 2.75 bits per heavy atom. The molecule has 4 rings (SSSR count). The number of hydrogen-bond acceptors (Lipinski definition) is 1. The predicted octanol–water partition coefficient (Wildman–Crippen LogP) is 4.15. The minimum Gasteiger partial charge on any atom is -0.321 e. The highest BCUT2D eigenvalue weighted by molar-refractivity contribution is 6.37. The van der Waals surface area contributed by atoms with Crippen molar-refractivity contribution in [1.82, 2.24) is 0 Å². The van der Waals surface area contributed by atoms with Crippen LogP contribution in [0.25, 0.3) is 11.1 Å². The Hall–Kier alpha value is -2.06. The Kier molecular flexibility index (Phi) is 2.48. The van der Waals surface area contributed by atoms with Crippen molar-refractivity contribution in [2.24, 2.45) is 0 Å². The molecule has 0 bridgehead atoms. The lowest BCUT2D eigenvalue weighted by molar-refractivity contribution is -0.110. The van der Waals surface area contributed by atoms with Gasteiger partial charge in [0.25, 0.3) is 5.91 Å². The van der Waals surface area contributed by atoms with Crippen LogP contribution in [0.3, 0.4) is 0 Å². The Morgan fingerprint density at radius 1 is 1.00 bits per heavy atom. The first-order chi connectivity index (χ1) is 9.74. The van der Waals surface area contributed by atoms with Gasteiger partial charge in [-0.25, -0.2) is 0 Å². The Morgan fingerprint density at radius 2 is 1.85 bits per heavy atom. The van der Waals surface area contributed by atoms with E-state index in [-0.39, 0.29) is 5.91 Å². The van der Waals surface area contributed by atoms with E-state index in [2.05, 4.69) is 5.32 Å². The zero-order chi connectivity index (χ0) is 13.7. The molecule has 3 heteroatoms. The molecule has 2 aliphatic rings. The number of carbonyl (C=O) groups is 1. The van der Waals surface area contributed by atoms with Gasteiger partial charge in [-0.3, -0.25) is 4.79 Å². The standard InChI is InChI=1S/C17H12ClNO/c18-11-6-8-12-10(9-11)5-7-13(12)16-14-3-1-2-4-15(14)19-17(16)20/h1-4,6,8-9H,5,7H2,(H,19,20)/b16-13-. The maximum Gasteiger partial charge on any atom is 0.256 e. The van der Waals surface area contributed by atoms with Gasteiger partial charge in [0, 0.05) is 16.3 Å². The molecule has 2 aromatic rings. The lowest BCUT2D eigenvalue weighted by Crippen LogP contribution is -2.05. The first kappa shape index (κ1) is 11.7. The van der Waals surface area contributed by atoms with Gasteiger partial charge in [0.1, 0.15) is 0 Å². The van der Waals surface area contributed by atoms with Gasteiger partial charge in [-0.2, -0.15) is 0 Å². The smallest absolute Gasteiger partial charge is 0.256 e. The molecule has 2 nitrogen and oxygen atoms in total. The molecule has 0 spiro atoms. The van der Waals surface area contributed by atoms with Crippen molar-refractivity contribution in [3.8, 4) is 0 Å². The largest absolute Gasteiger partial charge is 0.321 e. The number of rotatable bonds is 0. The SMILES string of the molecule is O=C1Nc2ccccc2/C1=C1\CCc2cc(Cl)ccc21. The van der Waals surface area contributed by atoms with Gasteiger partial charge in [0.15, 0.2) is 0 Å². The topological polar surface area (TPSA) is 29.1 Å². The Bertz CT molecular complexity index is 776. The van der Waals surface area contributed by atoms with Gasteiger partial charge < -0.3 is 5.32 Å². The van der Waals surface area contributed by atoms with Gasteiger partial charge in [-0.05, 0) is 47.7 Å². The number of benzene rings is 2. The normalized spacial score (nSPS) is 19.8. The minimum absolute atomic E-state index is 0.00370. The number of aryl methyl sites for hydroxylation is 1. The first-order valence-corrected chi connectivity index (χ1v) is 7.04. The molecule has 98 valence electrons. The van der Waals surface area contributed by atoms with Crippen LogP contribution in [0.2, 0.25) is 5.02 Å². The maximum atomic E-state index is 12.3. The first-order valence-electron chi connectivity index (χ1n) is 6.67. The van der Waals surface area contributed by atoms with Crippen LogP contribution >= 0.6 is 11.6 Å². The number of para-hydroxylation sites is 1. The highest BCUT2D eigenvalue weighted by Crippen LogP contribution is 2.43. The predicted molar refractivity (Wildman–Crippen MR) is 81.7 cm³/mol. The summed E-state index contributed by atoms with van der Waals surface area (Å²) < 4.78 is 0. The highest BCUT2D eigenvalue weighted by atomic mass is 35.5. The van der Waals surface area contributed by atoms with Crippen LogP contribution < -0.4 is 5.32 Å². The average Bonchev–Trinajstić information content (AvgIpc) is 2.97. The maximum absolute atomic E-state index is 12.3. The van der Waals surface area contributed by atoms with Crippen LogP contribution in [0.15, 0.2) is 42.5 Å². The molecule has 1 heterocycles. The van der Waals surface area contributed by atoms with Gasteiger partial charge in [-0.15, -0.1) is 0 Å². The molecule has 20 heavy (non-hydrogen) atoms. The molecule has 1 aliphatic carbocycles. The van der Waals surface area contributed by atoms with Crippen LogP contribution in [0.5, 0.6) is 0 Å². The van der Waals surface area contributed by atoms with E-state index in [4.69, 9.17) is 11.6 Å². The van der Waals surface area contributed by atoms with E-state index in [0.717, 1.165) is 45.8 Å². The monoisotopic (exact) mass is 281 g/mol. The highest BCUT2D eigenvalue weighted by Gasteiger charge is 2.30. The molecule has 0 radical (unpaired) electrons. The molecular formula is C17H12ClNO. The van der Waals surface area contributed by atoms with Gasteiger partial charge in [0.05, 0.1) is 5.57 Å². The van der Waals surface area contributed by atoms with Crippen molar-refractivity contribution in [3.63, 3.8) is 0 Å². The quantitative estimate of drug-likeness (QED) is 0.722. The van der Waals surface area contributed by atoms with Crippen molar-refractivity contribution >= 4 is 34.3 Å². The van der Waals surface area contributed by atoms with Crippen molar-refractivity contribution in [2.45, 2.75) is 12.8 Å². The Balaban J connectivity index is 1.96. The fourth-order valence-corrected chi connectivity index (χ4v) is 3.33. The van der Waals surface area contributed by atoms with Crippen LogP contribution in [-0.4, -0.2) is 5.91 Å². The number of carbonyl (C=O) groups excluding carboxylic acids is 1. The molecule has 0 unspecified atom stereocenters. The molecule has 0 fully saturated rings. The summed E-state index contributed by atoms with van der Waals surface area (Å²) in [4.78, 5) is 12.3. The fraction of sp³-hybridized carbons (Fsp3) is 0.118. The van der Waals surface area contributed by atoms with E-state index < -0.39 is 0 Å². The molecule has 0 aromatic heterocycles. The van der Waals surface area contributed by atoms with Crippen LogP contribution in [0.1, 0.15) is 23.1 Å². The molecule has 1 N–H and O–H groups in total. The molecule has 1 aliphatic heterocycles. The average molecular weight is 282 g/mol. The molecule has 0 saturated heterocycles. The number of halogens is 1. The fourth-order valence-electron chi connectivity index (χ4n) is 3.13. The van der Waals surface area contributed by atoms with Crippen molar-refractivity contribution in [1.29, 1.82) is 0 Å². The summed E-state index contributed by atoms with van der Waals surface area (Å²) in [7, 11) is 0.